The fraction of sp³-hybridized carbons (Fsp3) is 0.318. The van der Waals surface area contributed by atoms with Gasteiger partial charge in [0.15, 0.2) is 0 Å². The number of piperidine rings is 1. The van der Waals surface area contributed by atoms with E-state index < -0.39 is 10.0 Å². The van der Waals surface area contributed by atoms with Crippen LogP contribution in [0.5, 0.6) is 0 Å². The van der Waals surface area contributed by atoms with Crippen LogP contribution >= 0.6 is 11.3 Å². The fourth-order valence-corrected chi connectivity index (χ4v) is 6.06. The van der Waals surface area contributed by atoms with E-state index in [1.165, 1.54) is 15.6 Å². The molecule has 0 aliphatic carbocycles. The second-order valence-corrected chi connectivity index (χ2v) is 10.7. The third kappa shape index (κ3) is 4.68. The van der Waals surface area contributed by atoms with Crippen LogP contribution in [0.25, 0.3) is 0 Å². The number of hydrogen-bond donors (Lipinski definition) is 1. The SMILES string of the molecule is Cc1ccc(S(=O)(=O)N2CCC[C@@H](c3nnc(C(=O)Nc4ccccc4)s3)C2)cc1C. The van der Waals surface area contributed by atoms with E-state index in [1.807, 2.05) is 38.1 Å². The predicted octanol–water partition coefficient (Wildman–Crippen LogP) is 3.98. The molecule has 3 aromatic rings. The first-order valence-electron chi connectivity index (χ1n) is 10.1. The molecule has 162 valence electrons. The van der Waals surface area contributed by atoms with E-state index in [4.69, 9.17) is 0 Å². The Labute approximate surface area is 186 Å². The molecular formula is C22H24N4O3S2. The molecule has 1 aliphatic rings. The van der Waals surface area contributed by atoms with Gasteiger partial charge in [0.1, 0.15) is 5.01 Å². The minimum atomic E-state index is -3.58. The van der Waals surface area contributed by atoms with Gasteiger partial charge in [0, 0.05) is 24.7 Å². The number of nitrogens with zero attached hydrogens (tertiary/aromatic N) is 3. The van der Waals surface area contributed by atoms with Crippen LogP contribution in [0.4, 0.5) is 5.69 Å². The third-order valence-corrected chi connectivity index (χ3v) is 8.46. The number of para-hydroxylation sites is 1. The molecule has 0 spiro atoms. The monoisotopic (exact) mass is 456 g/mol. The van der Waals surface area contributed by atoms with Crippen molar-refractivity contribution in [1.29, 1.82) is 0 Å². The zero-order valence-corrected chi connectivity index (χ0v) is 19.0. The Balaban J connectivity index is 1.49. The van der Waals surface area contributed by atoms with Gasteiger partial charge in [-0.1, -0.05) is 35.6 Å². The van der Waals surface area contributed by atoms with Crippen LogP contribution in [0.1, 0.15) is 44.7 Å². The fourth-order valence-electron chi connectivity index (χ4n) is 3.58. The van der Waals surface area contributed by atoms with Gasteiger partial charge >= 0.3 is 0 Å². The summed E-state index contributed by atoms with van der Waals surface area (Å²) < 4.78 is 27.9. The lowest BCUT2D eigenvalue weighted by atomic mass is 10.0. The zero-order valence-electron chi connectivity index (χ0n) is 17.4. The summed E-state index contributed by atoms with van der Waals surface area (Å²) in [5.41, 5.74) is 2.70. The van der Waals surface area contributed by atoms with Crippen LogP contribution in [0, 0.1) is 13.8 Å². The normalized spacial score (nSPS) is 17.4. The van der Waals surface area contributed by atoms with Gasteiger partial charge in [0.2, 0.25) is 15.0 Å². The van der Waals surface area contributed by atoms with Gasteiger partial charge in [-0.3, -0.25) is 4.79 Å². The highest BCUT2D eigenvalue weighted by atomic mass is 32.2. The first-order chi connectivity index (χ1) is 14.8. The number of aryl methyl sites for hydroxylation is 2. The quantitative estimate of drug-likeness (QED) is 0.627. The summed E-state index contributed by atoms with van der Waals surface area (Å²) >= 11 is 1.22. The second-order valence-electron chi connectivity index (χ2n) is 7.71. The molecular weight excluding hydrogens is 432 g/mol. The Morgan fingerprint density at radius 1 is 1.10 bits per heavy atom. The summed E-state index contributed by atoms with van der Waals surface area (Å²) in [4.78, 5) is 12.8. The molecule has 4 rings (SSSR count). The first-order valence-corrected chi connectivity index (χ1v) is 12.4. The lowest BCUT2D eigenvalue weighted by molar-refractivity contribution is 0.102. The molecule has 0 saturated carbocycles. The number of rotatable bonds is 5. The standard InChI is InChI=1S/C22H24N4O3S2/c1-15-10-11-19(13-16(15)2)31(28,29)26-12-6-7-17(14-26)21-24-25-22(30-21)20(27)23-18-8-4-3-5-9-18/h3-5,8-11,13,17H,6-7,12,14H2,1-2H3,(H,23,27)/t17-/m1/s1. The van der Waals surface area contributed by atoms with Crippen molar-refractivity contribution in [3.63, 3.8) is 0 Å². The smallest absolute Gasteiger partial charge is 0.286 e. The highest BCUT2D eigenvalue weighted by molar-refractivity contribution is 7.89. The maximum absolute atomic E-state index is 13.2. The van der Waals surface area contributed by atoms with Gasteiger partial charge in [-0.15, -0.1) is 10.2 Å². The van der Waals surface area contributed by atoms with Crippen LogP contribution in [0.2, 0.25) is 0 Å². The maximum Gasteiger partial charge on any atom is 0.286 e. The van der Waals surface area contributed by atoms with Gasteiger partial charge in [0.05, 0.1) is 4.90 Å². The molecule has 2 aromatic carbocycles. The van der Waals surface area contributed by atoms with E-state index in [2.05, 4.69) is 15.5 Å². The Kier molecular flexibility index (Phi) is 6.17. The molecule has 2 heterocycles. The van der Waals surface area contributed by atoms with Crippen LogP contribution in [0.3, 0.4) is 0 Å². The molecule has 1 aromatic heterocycles. The minimum Gasteiger partial charge on any atom is -0.320 e. The van der Waals surface area contributed by atoms with Gasteiger partial charge in [-0.25, -0.2) is 8.42 Å². The van der Waals surface area contributed by atoms with Gasteiger partial charge in [0.25, 0.3) is 5.91 Å². The minimum absolute atomic E-state index is 0.0779. The molecule has 31 heavy (non-hydrogen) atoms. The lowest BCUT2D eigenvalue weighted by Crippen LogP contribution is -2.39. The van der Waals surface area contributed by atoms with Crippen molar-refractivity contribution in [3.05, 3.63) is 69.7 Å². The highest BCUT2D eigenvalue weighted by Crippen LogP contribution is 2.32. The highest BCUT2D eigenvalue weighted by Gasteiger charge is 2.33. The van der Waals surface area contributed by atoms with Gasteiger partial charge in [-0.05, 0) is 62.1 Å². The maximum atomic E-state index is 13.2. The average Bonchev–Trinajstić information content (AvgIpc) is 3.27. The second kappa shape index (κ2) is 8.86. The largest absolute Gasteiger partial charge is 0.320 e. The number of aromatic nitrogens is 2. The van der Waals surface area contributed by atoms with Crippen molar-refractivity contribution < 1.29 is 13.2 Å². The van der Waals surface area contributed by atoms with Crippen molar-refractivity contribution in [1.82, 2.24) is 14.5 Å². The third-order valence-electron chi connectivity index (χ3n) is 5.52. The molecule has 1 atom stereocenters. The summed E-state index contributed by atoms with van der Waals surface area (Å²) in [7, 11) is -3.58. The number of sulfonamides is 1. The topological polar surface area (TPSA) is 92.3 Å². The van der Waals surface area contributed by atoms with Crippen molar-refractivity contribution in [2.45, 2.75) is 37.5 Å². The van der Waals surface area contributed by atoms with E-state index in [0.717, 1.165) is 24.0 Å². The summed E-state index contributed by atoms with van der Waals surface area (Å²) in [6, 6.07) is 14.4. The van der Waals surface area contributed by atoms with Gasteiger partial charge < -0.3 is 5.32 Å². The molecule has 0 radical (unpaired) electrons. The first kappa shape index (κ1) is 21.6. The Morgan fingerprint density at radius 2 is 1.87 bits per heavy atom. The summed E-state index contributed by atoms with van der Waals surface area (Å²) in [5.74, 6) is -0.392. The van der Waals surface area contributed by atoms with Crippen LogP contribution < -0.4 is 5.32 Å². The molecule has 1 aliphatic heterocycles. The van der Waals surface area contributed by atoms with Crippen molar-refractivity contribution in [2.24, 2.45) is 0 Å². The molecule has 1 N–H and O–H groups in total. The zero-order chi connectivity index (χ0) is 22.0. The van der Waals surface area contributed by atoms with Crippen molar-refractivity contribution in [2.75, 3.05) is 18.4 Å². The van der Waals surface area contributed by atoms with Crippen LogP contribution in [-0.4, -0.2) is 41.9 Å². The number of carbonyl (C=O) groups is 1. The lowest BCUT2D eigenvalue weighted by Gasteiger charge is -2.30. The summed E-state index contributed by atoms with van der Waals surface area (Å²) in [6.07, 6.45) is 1.55. The summed E-state index contributed by atoms with van der Waals surface area (Å²) in [5, 5.41) is 12.0. The Hall–Kier alpha value is -2.62. The number of hydrogen-bond acceptors (Lipinski definition) is 6. The average molecular weight is 457 g/mol. The Morgan fingerprint density at radius 3 is 2.61 bits per heavy atom. The number of carbonyl (C=O) groups excluding carboxylic acids is 1. The molecule has 9 heteroatoms. The summed E-state index contributed by atoms with van der Waals surface area (Å²) in [6.45, 7) is 4.69. The number of amides is 1. The molecule has 7 nitrogen and oxygen atoms in total. The molecule has 1 saturated heterocycles. The van der Waals surface area contributed by atoms with E-state index in [1.54, 1.807) is 24.3 Å². The van der Waals surface area contributed by atoms with Crippen LogP contribution in [0.15, 0.2) is 53.4 Å². The molecule has 1 fully saturated rings. The number of nitrogens with one attached hydrogen (secondary N) is 1. The van der Waals surface area contributed by atoms with E-state index in [0.29, 0.717) is 28.7 Å². The number of benzene rings is 2. The number of anilines is 1. The Bertz CT molecular complexity index is 1190. The van der Waals surface area contributed by atoms with Gasteiger partial charge in [-0.2, -0.15) is 4.31 Å². The molecule has 0 bridgehead atoms. The van der Waals surface area contributed by atoms with E-state index in [-0.39, 0.29) is 16.8 Å². The predicted molar refractivity (Wildman–Crippen MR) is 121 cm³/mol. The molecule has 1 amide bonds. The van der Waals surface area contributed by atoms with Crippen LogP contribution in [-0.2, 0) is 10.0 Å². The van der Waals surface area contributed by atoms with E-state index in [9.17, 15) is 13.2 Å². The molecule has 0 unspecified atom stereocenters. The van der Waals surface area contributed by atoms with E-state index >= 15 is 0 Å². The van der Waals surface area contributed by atoms with Crippen molar-refractivity contribution in [3.8, 4) is 0 Å². The van der Waals surface area contributed by atoms with Crippen molar-refractivity contribution >= 4 is 33.0 Å².